The largest absolute Gasteiger partial charge is 0.377 e. The molecule has 17 heavy (non-hydrogen) atoms. The highest BCUT2D eigenvalue weighted by Gasteiger charge is 2.17. The Morgan fingerprint density at radius 1 is 1.53 bits per heavy atom. The highest BCUT2D eigenvalue weighted by Crippen LogP contribution is 2.18. The molecule has 1 aliphatic rings. The topological polar surface area (TPSA) is 12.5 Å². The van der Waals surface area contributed by atoms with Gasteiger partial charge in [-0.15, -0.1) is 0 Å². The lowest BCUT2D eigenvalue weighted by Gasteiger charge is -2.20. The van der Waals surface area contributed by atoms with Crippen LogP contribution >= 0.6 is 15.9 Å². The van der Waals surface area contributed by atoms with E-state index in [4.69, 9.17) is 4.74 Å². The van der Waals surface area contributed by atoms with E-state index in [-0.39, 0.29) is 5.82 Å². The molecule has 0 bridgehead atoms. The zero-order valence-electron chi connectivity index (χ0n) is 9.96. The summed E-state index contributed by atoms with van der Waals surface area (Å²) < 4.78 is 20.0. The summed E-state index contributed by atoms with van der Waals surface area (Å²) in [6.45, 7) is 2.36. The zero-order chi connectivity index (χ0) is 12.3. The van der Waals surface area contributed by atoms with E-state index in [0.29, 0.717) is 12.6 Å². The van der Waals surface area contributed by atoms with E-state index in [2.05, 4.69) is 20.8 Å². The molecule has 1 aromatic rings. The third-order valence-electron chi connectivity index (χ3n) is 2.99. The van der Waals surface area contributed by atoms with Gasteiger partial charge in [-0.25, -0.2) is 4.39 Å². The number of ether oxygens (including phenoxy) is 1. The molecule has 1 atom stereocenters. The SMILES string of the molecule is CN(Cc1ccc(Br)cc1F)CC1CCCO1. The van der Waals surface area contributed by atoms with E-state index in [1.54, 1.807) is 0 Å². The van der Waals surface area contributed by atoms with Gasteiger partial charge >= 0.3 is 0 Å². The molecule has 0 saturated carbocycles. The van der Waals surface area contributed by atoms with Crippen molar-refractivity contribution in [2.45, 2.75) is 25.5 Å². The maximum Gasteiger partial charge on any atom is 0.128 e. The number of hydrogen-bond donors (Lipinski definition) is 0. The summed E-state index contributed by atoms with van der Waals surface area (Å²) in [5, 5.41) is 0. The summed E-state index contributed by atoms with van der Waals surface area (Å²) in [5.74, 6) is -0.154. The Morgan fingerprint density at radius 2 is 2.35 bits per heavy atom. The van der Waals surface area contributed by atoms with Gasteiger partial charge in [0.1, 0.15) is 5.82 Å². The number of nitrogens with zero attached hydrogens (tertiary/aromatic N) is 1. The van der Waals surface area contributed by atoms with Crippen molar-refractivity contribution in [1.29, 1.82) is 0 Å². The van der Waals surface area contributed by atoms with Gasteiger partial charge in [-0.05, 0) is 32.0 Å². The summed E-state index contributed by atoms with van der Waals surface area (Å²) in [6, 6.07) is 5.21. The van der Waals surface area contributed by atoms with Gasteiger partial charge < -0.3 is 4.74 Å². The van der Waals surface area contributed by atoms with Gasteiger partial charge in [-0.2, -0.15) is 0 Å². The number of halogens is 2. The van der Waals surface area contributed by atoms with Crippen molar-refractivity contribution in [2.75, 3.05) is 20.2 Å². The molecule has 0 aliphatic carbocycles. The van der Waals surface area contributed by atoms with Crippen molar-refractivity contribution < 1.29 is 9.13 Å². The van der Waals surface area contributed by atoms with Crippen LogP contribution in [0.1, 0.15) is 18.4 Å². The van der Waals surface area contributed by atoms with Gasteiger partial charge in [0.15, 0.2) is 0 Å². The molecule has 2 nitrogen and oxygen atoms in total. The molecule has 1 fully saturated rings. The summed E-state index contributed by atoms with van der Waals surface area (Å²) in [5.41, 5.74) is 0.730. The second kappa shape index (κ2) is 5.94. The summed E-state index contributed by atoms with van der Waals surface area (Å²) >= 11 is 3.26. The van der Waals surface area contributed by atoms with Crippen LogP contribution in [0.5, 0.6) is 0 Å². The van der Waals surface area contributed by atoms with Crippen LogP contribution in [0.25, 0.3) is 0 Å². The van der Waals surface area contributed by atoms with Crippen LogP contribution in [0.3, 0.4) is 0 Å². The van der Waals surface area contributed by atoms with Gasteiger partial charge in [0.05, 0.1) is 6.10 Å². The molecule has 1 saturated heterocycles. The third kappa shape index (κ3) is 3.76. The molecule has 2 rings (SSSR count). The summed E-state index contributed by atoms with van der Waals surface area (Å²) in [6.07, 6.45) is 2.58. The number of benzene rings is 1. The highest BCUT2D eigenvalue weighted by atomic mass is 79.9. The van der Waals surface area contributed by atoms with E-state index in [1.165, 1.54) is 6.07 Å². The van der Waals surface area contributed by atoms with Gasteiger partial charge in [0, 0.05) is 29.7 Å². The second-order valence-corrected chi connectivity index (χ2v) is 5.48. The van der Waals surface area contributed by atoms with Crippen LogP contribution in [-0.4, -0.2) is 31.2 Å². The van der Waals surface area contributed by atoms with Crippen LogP contribution in [0, 0.1) is 5.82 Å². The van der Waals surface area contributed by atoms with Crippen molar-refractivity contribution in [2.24, 2.45) is 0 Å². The fraction of sp³-hybridized carbons (Fsp3) is 0.538. The second-order valence-electron chi connectivity index (χ2n) is 4.57. The first-order valence-electron chi connectivity index (χ1n) is 5.89. The van der Waals surface area contributed by atoms with Gasteiger partial charge in [-0.3, -0.25) is 4.90 Å². The Kier molecular flexibility index (Phi) is 4.54. The Bertz CT molecular complexity index is 380. The smallest absolute Gasteiger partial charge is 0.128 e. The molecular formula is C13H17BrFNO. The minimum atomic E-state index is -0.154. The predicted octanol–water partition coefficient (Wildman–Crippen LogP) is 3.20. The summed E-state index contributed by atoms with van der Waals surface area (Å²) in [4.78, 5) is 2.11. The highest BCUT2D eigenvalue weighted by molar-refractivity contribution is 9.10. The molecule has 1 aliphatic heterocycles. The lowest BCUT2D eigenvalue weighted by Crippen LogP contribution is -2.28. The molecule has 0 radical (unpaired) electrons. The third-order valence-corrected chi connectivity index (χ3v) is 3.49. The number of rotatable bonds is 4. The summed E-state index contributed by atoms with van der Waals surface area (Å²) in [7, 11) is 2.00. The maximum atomic E-state index is 13.6. The molecule has 94 valence electrons. The molecule has 0 amide bonds. The van der Waals surface area contributed by atoms with E-state index in [0.717, 1.165) is 36.0 Å². The van der Waals surface area contributed by atoms with Crippen LogP contribution < -0.4 is 0 Å². The molecule has 1 heterocycles. The van der Waals surface area contributed by atoms with Crippen LogP contribution in [-0.2, 0) is 11.3 Å². The first kappa shape index (κ1) is 13.0. The minimum absolute atomic E-state index is 0.154. The van der Waals surface area contributed by atoms with E-state index in [9.17, 15) is 4.39 Å². The first-order valence-corrected chi connectivity index (χ1v) is 6.68. The van der Waals surface area contributed by atoms with Crippen LogP contribution in [0.4, 0.5) is 4.39 Å². The van der Waals surface area contributed by atoms with E-state index < -0.39 is 0 Å². The Balaban J connectivity index is 1.90. The first-order chi connectivity index (χ1) is 8.15. The monoisotopic (exact) mass is 301 g/mol. The molecule has 4 heteroatoms. The van der Waals surface area contributed by atoms with Crippen LogP contribution in [0.2, 0.25) is 0 Å². The lowest BCUT2D eigenvalue weighted by molar-refractivity contribution is 0.0790. The van der Waals surface area contributed by atoms with Gasteiger partial charge in [-0.1, -0.05) is 22.0 Å². The fourth-order valence-corrected chi connectivity index (χ4v) is 2.47. The number of likely N-dealkylation sites (N-methyl/N-ethyl adjacent to an activating group) is 1. The lowest BCUT2D eigenvalue weighted by atomic mass is 10.2. The minimum Gasteiger partial charge on any atom is -0.377 e. The molecule has 0 N–H and O–H groups in total. The fourth-order valence-electron chi connectivity index (χ4n) is 2.14. The number of hydrogen-bond acceptors (Lipinski definition) is 2. The molecule has 1 unspecified atom stereocenters. The Hall–Kier alpha value is -0.450. The van der Waals surface area contributed by atoms with Crippen molar-refractivity contribution in [1.82, 2.24) is 4.90 Å². The van der Waals surface area contributed by atoms with Crippen molar-refractivity contribution in [3.8, 4) is 0 Å². The van der Waals surface area contributed by atoms with Crippen molar-refractivity contribution >= 4 is 15.9 Å². The molecular weight excluding hydrogens is 285 g/mol. The zero-order valence-corrected chi connectivity index (χ0v) is 11.5. The van der Waals surface area contributed by atoms with Gasteiger partial charge in [0.2, 0.25) is 0 Å². The van der Waals surface area contributed by atoms with E-state index >= 15 is 0 Å². The van der Waals surface area contributed by atoms with Crippen molar-refractivity contribution in [3.63, 3.8) is 0 Å². The van der Waals surface area contributed by atoms with Crippen molar-refractivity contribution in [3.05, 3.63) is 34.1 Å². The predicted molar refractivity (Wildman–Crippen MR) is 69.4 cm³/mol. The average molecular weight is 302 g/mol. The van der Waals surface area contributed by atoms with Gasteiger partial charge in [0.25, 0.3) is 0 Å². The standard InChI is InChI=1S/C13H17BrFNO/c1-16(9-12-3-2-6-17-12)8-10-4-5-11(14)7-13(10)15/h4-5,7,12H,2-3,6,8-9H2,1H3. The van der Waals surface area contributed by atoms with E-state index in [1.807, 2.05) is 19.2 Å². The molecule has 0 aromatic heterocycles. The normalized spacial score (nSPS) is 20.1. The van der Waals surface area contributed by atoms with Crippen LogP contribution in [0.15, 0.2) is 22.7 Å². The Morgan fingerprint density at radius 3 is 3.00 bits per heavy atom. The quantitative estimate of drug-likeness (QED) is 0.847. The maximum absolute atomic E-state index is 13.6. The average Bonchev–Trinajstić information content (AvgIpc) is 2.75. The Labute approximate surface area is 110 Å². The molecule has 0 spiro atoms. The molecule has 1 aromatic carbocycles.